The van der Waals surface area contributed by atoms with E-state index >= 15 is 0 Å². The third-order valence-electron chi connectivity index (χ3n) is 2.95. The molecule has 1 saturated carbocycles. The van der Waals surface area contributed by atoms with E-state index < -0.39 is 0 Å². The van der Waals surface area contributed by atoms with E-state index in [2.05, 4.69) is 17.2 Å². The maximum atomic E-state index is 5.80. The van der Waals surface area contributed by atoms with Gasteiger partial charge in [0.05, 0.1) is 0 Å². The second kappa shape index (κ2) is 4.18. The Bertz CT molecular complexity index is 310. The summed E-state index contributed by atoms with van der Waals surface area (Å²) in [4.78, 5) is 4.21. The van der Waals surface area contributed by atoms with Gasteiger partial charge >= 0.3 is 0 Å². The summed E-state index contributed by atoms with van der Waals surface area (Å²) >= 11 is 5.80. The van der Waals surface area contributed by atoms with Crippen LogP contribution in [0.25, 0.3) is 0 Å². The number of anilines is 1. The number of hydrogen-bond donors (Lipinski definition) is 1. The van der Waals surface area contributed by atoms with Crippen molar-refractivity contribution in [1.82, 2.24) is 4.98 Å². The number of hydrogen-bond acceptors (Lipinski definition) is 2. The molecule has 2 rings (SSSR count). The van der Waals surface area contributed by atoms with Crippen molar-refractivity contribution in [2.75, 3.05) is 5.32 Å². The zero-order valence-corrected chi connectivity index (χ0v) is 9.09. The first-order valence-corrected chi connectivity index (χ1v) is 5.52. The van der Waals surface area contributed by atoms with Crippen LogP contribution in [0.3, 0.4) is 0 Å². The first kappa shape index (κ1) is 9.78. The van der Waals surface area contributed by atoms with Crippen molar-refractivity contribution in [3.8, 4) is 0 Å². The monoisotopic (exact) mass is 210 g/mol. The molecule has 1 aliphatic carbocycles. The number of nitrogens with one attached hydrogen (secondary N) is 1. The molecule has 0 aromatic carbocycles. The predicted molar refractivity (Wildman–Crippen MR) is 59.7 cm³/mol. The van der Waals surface area contributed by atoms with E-state index in [-0.39, 0.29) is 0 Å². The van der Waals surface area contributed by atoms with E-state index in [9.17, 15) is 0 Å². The van der Waals surface area contributed by atoms with Crippen LogP contribution in [0.5, 0.6) is 0 Å². The van der Waals surface area contributed by atoms with Crippen LogP contribution < -0.4 is 5.32 Å². The summed E-state index contributed by atoms with van der Waals surface area (Å²) in [6, 6.07) is 6.18. The summed E-state index contributed by atoms with van der Waals surface area (Å²) in [5.41, 5.74) is 0. The van der Waals surface area contributed by atoms with Gasteiger partial charge in [0.25, 0.3) is 0 Å². The fourth-order valence-electron chi connectivity index (χ4n) is 1.78. The Hall–Kier alpha value is -0.760. The smallest absolute Gasteiger partial charge is 0.131 e. The van der Waals surface area contributed by atoms with Gasteiger partial charge in [0, 0.05) is 6.04 Å². The molecule has 0 bridgehead atoms. The number of nitrogens with zero attached hydrogens (tertiary/aromatic N) is 1. The van der Waals surface area contributed by atoms with E-state index in [1.165, 1.54) is 19.3 Å². The van der Waals surface area contributed by atoms with E-state index in [1.807, 2.05) is 12.1 Å². The second-order valence-electron chi connectivity index (χ2n) is 3.97. The lowest BCUT2D eigenvalue weighted by Gasteiger charge is -2.32. The lowest BCUT2D eigenvalue weighted by Crippen LogP contribution is -2.31. The highest BCUT2D eigenvalue weighted by molar-refractivity contribution is 6.29. The van der Waals surface area contributed by atoms with Gasteiger partial charge < -0.3 is 5.32 Å². The van der Waals surface area contributed by atoms with E-state index in [1.54, 1.807) is 6.07 Å². The van der Waals surface area contributed by atoms with Crippen LogP contribution in [-0.4, -0.2) is 11.0 Å². The molecule has 2 nitrogen and oxygen atoms in total. The number of halogens is 1. The summed E-state index contributed by atoms with van der Waals surface area (Å²) in [5, 5.41) is 3.94. The maximum Gasteiger partial charge on any atom is 0.131 e. The lowest BCUT2D eigenvalue weighted by atomic mass is 9.80. The molecule has 0 saturated heterocycles. The number of aromatic nitrogens is 1. The molecule has 1 aromatic heterocycles. The molecular weight excluding hydrogens is 196 g/mol. The van der Waals surface area contributed by atoms with Gasteiger partial charge in [0.2, 0.25) is 0 Å². The zero-order chi connectivity index (χ0) is 9.97. The fraction of sp³-hybridized carbons (Fsp3) is 0.545. The molecule has 76 valence electrons. The van der Waals surface area contributed by atoms with Crippen molar-refractivity contribution in [3.05, 3.63) is 23.4 Å². The van der Waals surface area contributed by atoms with E-state index in [0.29, 0.717) is 11.2 Å². The van der Waals surface area contributed by atoms with E-state index in [0.717, 1.165) is 11.7 Å². The third-order valence-corrected chi connectivity index (χ3v) is 3.16. The second-order valence-corrected chi connectivity index (χ2v) is 4.36. The molecule has 1 N–H and O–H groups in total. The Balaban J connectivity index is 1.95. The molecule has 14 heavy (non-hydrogen) atoms. The van der Waals surface area contributed by atoms with Crippen LogP contribution in [0, 0.1) is 5.92 Å². The van der Waals surface area contributed by atoms with Crippen LogP contribution in [0.4, 0.5) is 5.82 Å². The minimum Gasteiger partial charge on any atom is -0.367 e. The standard InChI is InChI=1S/C11H15ClN2/c1-8(9-4-2-5-9)13-11-7-3-6-10(12)14-11/h3,6-9H,2,4-5H2,1H3,(H,13,14). The Morgan fingerprint density at radius 1 is 1.50 bits per heavy atom. The predicted octanol–water partition coefficient (Wildman–Crippen LogP) is 3.34. The Morgan fingerprint density at radius 3 is 2.86 bits per heavy atom. The van der Waals surface area contributed by atoms with Gasteiger partial charge in [0.15, 0.2) is 0 Å². The molecule has 0 aliphatic heterocycles. The molecule has 1 aliphatic rings. The summed E-state index contributed by atoms with van der Waals surface area (Å²) in [7, 11) is 0. The molecule has 3 heteroatoms. The average Bonchev–Trinajstić information content (AvgIpc) is 1.99. The summed E-state index contributed by atoms with van der Waals surface area (Å²) in [6.07, 6.45) is 4.06. The van der Waals surface area contributed by atoms with Gasteiger partial charge in [-0.2, -0.15) is 0 Å². The summed E-state index contributed by atoms with van der Waals surface area (Å²) in [5.74, 6) is 1.70. The molecule has 1 atom stereocenters. The fourth-order valence-corrected chi connectivity index (χ4v) is 1.94. The molecule has 1 aromatic rings. The molecular formula is C11H15ClN2. The lowest BCUT2D eigenvalue weighted by molar-refractivity contribution is 0.285. The van der Waals surface area contributed by atoms with Crippen molar-refractivity contribution in [1.29, 1.82) is 0 Å². The minimum absolute atomic E-state index is 0.509. The Labute approximate surface area is 89.7 Å². The summed E-state index contributed by atoms with van der Waals surface area (Å²) in [6.45, 7) is 2.21. The van der Waals surface area contributed by atoms with Gasteiger partial charge in [-0.15, -0.1) is 0 Å². The maximum absolute atomic E-state index is 5.80. The normalized spacial score (nSPS) is 18.7. The van der Waals surface area contributed by atoms with Crippen molar-refractivity contribution >= 4 is 17.4 Å². The summed E-state index contributed by atoms with van der Waals surface area (Å²) < 4.78 is 0. The molecule has 0 spiro atoms. The van der Waals surface area contributed by atoms with Crippen LogP contribution in [0.1, 0.15) is 26.2 Å². The van der Waals surface area contributed by atoms with Gasteiger partial charge in [-0.1, -0.05) is 24.1 Å². The highest BCUT2D eigenvalue weighted by atomic mass is 35.5. The molecule has 0 amide bonds. The third kappa shape index (κ3) is 2.18. The molecule has 1 unspecified atom stereocenters. The van der Waals surface area contributed by atoms with Crippen LogP contribution in [0.2, 0.25) is 5.15 Å². The van der Waals surface area contributed by atoms with Gasteiger partial charge in [-0.3, -0.25) is 0 Å². The Morgan fingerprint density at radius 2 is 2.29 bits per heavy atom. The van der Waals surface area contributed by atoms with Crippen molar-refractivity contribution in [2.45, 2.75) is 32.2 Å². The highest BCUT2D eigenvalue weighted by Gasteiger charge is 2.23. The van der Waals surface area contributed by atoms with Crippen LogP contribution in [0.15, 0.2) is 18.2 Å². The van der Waals surface area contributed by atoms with Gasteiger partial charge in [0.1, 0.15) is 11.0 Å². The highest BCUT2D eigenvalue weighted by Crippen LogP contribution is 2.30. The minimum atomic E-state index is 0.509. The molecule has 1 fully saturated rings. The van der Waals surface area contributed by atoms with Crippen molar-refractivity contribution in [3.63, 3.8) is 0 Å². The first-order chi connectivity index (χ1) is 6.75. The Kier molecular flexibility index (Phi) is 2.92. The van der Waals surface area contributed by atoms with Crippen LogP contribution >= 0.6 is 11.6 Å². The zero-order valence-electron chi connectivity index (χ0n) is 8.33. The van der Waals surface area contributed by atoms with Crippen molar-refractivity contribution < 1.29 is 0 Å². The first-order valence-electron chi connectivity index (χ1n) is 5.15. The number of rotatable bonds is 3. The average molecular weight is 211 g/mol. The molecule has 1 heterocycles. The quantitative estimate of drug-likeness (QED) is 0.775. The largest absolute Gasteiger partial charge is 0.367 e. The SMILES string of the molecule is CC(Nc1cccc(Cl)n1)C1CCC1. The van der Waals surface area contributed by atoms with E-state index in [4.69, 9.17) is 11.6 Å². The molecule has 0 radical (unpaired) electrons. The van der Waals surface area contributed by atoms with Gasteiger partial charge in [-0.05, 0) is 37.8 Å². The van der Waals surface area contributed by atoms with Crippen molar-refractivity contribution in [2.24, 2.45) is 5.92 Å². The topological polar surface area (TPSA) is 24.9 Å². The number of pyridine rings is 1. The van der Waals surface area contributed by atoms with Gasteiger partial charge in [-0.25, -0.2) is 4.98 Å². The van der Waals surface area contributed by atoms with Crippen LogP contribution in [-0.2, 0) is 0 Å².